The molecular weight excluding hydrogens is 222 g/mol. The maximum atomic E-state index is 11.3. The van der Waals surface area contributed by atoms with Crippen molar-refractivity contribution < 1.29 is 14.7 Å². The fourth-order valence-corrected chi connectivity index (χ4v) is 1.20. The van der Waals surface area contributed by atoms with Crippen molar-refractivity contribution in [2.75, 3.05) is 33.2 Å². The Kier molecular flexibility index (Phi) is 8.13. The number of carbonyl (C=O) groups excluding carboxylic acids is 1. The molecule has 100 valence electrons. The van der Waals surface area contributed by atoms with Crippen LogP contribution in [0.15, 0.2) is 0 Å². The molecule has 17 heavy (non-hydrogen) atoms. The third-order valence-corrected chi connectivity index (χ3v) is 2.67. The minimum Gasteiger partial charge on any atom is -0.481 e. The minimum atomic E-state index is -0.876. The van der Waals surface area contributed by atoms with Crippen LogP contribution < -0.4 is 10.6 Å². The first-order valence-corrected chi connectivity index (χ1v) is 5.94. The van der Waals surface area contributed by atoms with E-state index in [2.05, 4.69) is 15.5 Å². The zero-order chi connectivity index (χ0) is 13.3. The van der Waals surface area contributed by atoms with Gasteiger partial charge in [0, 0.05) is 19.6 Å². The molecule has 0 aliphatic carbocycles. The molecule has 0 aliphatic heterocycles. The van der Waals surface area contributed by atoms with Crippen LogP contribution in [0.25, 0.3) is 0 Å². The van der Waals surface area contributed by atoms with E-state index in [4.69, 9.17) is 5.11 Å². The molecule has 0 fully saturated rings. The standard InChI is InChI=1S/C11H23N3O3/c1-4-9(10(15)16)8-13-11(17)12-6-7-14(3)5-2/h9H,4-8H2,1-3H3,(H,15,16)(H2,12,13,17). The Morgan fingerprint density at radius 1 is 1.29 bits per heavy atom. The van der Waals surface area contributed by atoms with Crippen LogP contribution in [-0.4, -0.2) is 55.2 Å². The number of hydrogen-bond donors (Lipinski definition) is 3. The van der Waals surface area contributed by atoms with E-state index >= 15 is 0 Å². The lowest BCUT2D eigenvalue weighted by Gasteiger charge is -2.15. The zero-order valence-corrected chi connectivity index (χ0v) is 10.8. The first kappa shape index (κ1) is 15.7. The predicted octanol–water partition coefficient (Wildman–Crippen LogP) is 0.348. The van der Waals surface area contributed by atoms with Gasteiger partial charge in [-0.2, -0.15) is 0 Å². The average Bonchev–Trinajstić information content (AvgIpc) is 2.29. The van der Waals surface area contributed by atoms with E-state index < -0.39 is 11.9 Å². The molecule has 0 saturated heterocycles. The third-order valence-electron chi connectivity index (χ3n) is 2.67. The molecule has 0 bridgehead atoms. The molecule has 2 amide bonds. The maximum Gasteiger partial charge on any atom is 0.314 e. The predicted molar refractivity (Wildman–Crippen MR) is 66.0 cm³/mol. The van der Waals surface area contributed by atoms with Gasteiger partial charge in [0.15, 0.2) is 0 Å². The van der Waals surface area contributed by atoms with E-state index in [1.807, 2.05) is 14.0 Å². The Labute approximate surface area is 102 Å². The van der Waals surface area contributed by atoms with Gasteiger partial charge < -0.3 is 20.6 Å². The first-order chi connectivity index (χ1) is 8.01. The number of carboxylic acid groups (broad SMARTS) is 1. The van der Waals surface area contributed by atoms with Crippen molar-refractivity contribution in [3.63, 3.8) is 0 Å². The summed E-state index contributed by atoms with van der Waals surface area (Å²) in [6, 6.07) is -0.311. The van der Waals surface area contributed by atoms with Gasteiger partial charge in [-0.1, -0.05) is 13.8 Å². The Balaban J connectivity index is 3.69. The van der Waals surface area contributed by atoms with E-state index in [0.717, 1.165) is 13.1 Å². The lowest BCUT2D eigenvalue weighted by molar-refractivity contribution is -0.141. The lowest BCUT2D eigenvalue weighted by Crippen LogP contribution is -2.42. The molecule has 0 saturated carbocycles. The number of carboxylic acids is 1. The largest absolute Gasteiger partial charge is 0.481 e. The zero-order valence-electron chi connectivity index (χ0n) is 10.8. The Morgan fingerprint density at radius 3 is 2.41 bits per heavy atom. The number of carbonyl (C=O) groups is 2. The molecule has 1 unspecified atom stereocenters. The lowest BCUT2D eigenvalue weighted by atomic mass is 10.1. The highest BCUT2D eigenvalue weighted by Gasteiger charge is 2.15. The molecule has 0 aliphatic rings. The topological polar surface area (TPSA) is 81.7 Å². The van der Waals surface area contributed by atoms with E-state index in [1.165, 1.54) is 0 Å². The first-order valence-electron chi connectivity index (χ1n) is 5.94. The number of urea groups is 1. The molecule has 3 N–H and O–H groups in total. The van der Waals surface area contributed by atoms with E-state index in [9.17, 15) is 9.59 Å². The number of hydrogen-bond acceptors (Lipinski definition) is 3. The second-order valence-electron chi connectivity index (χ2n) is 3.98. The van der Waals surface area contributed by atoms with E-state index in [-0.39, 0.29) is 12.6 Å². The molecule has 0 spiro atoms. The van der Waals surface area contributed by atoms with E-state index in [0.29, 0.717) is 13.0 Å². The van der Waals surface area contributed by atoms with Gasteiger partial charge in [-0.15, -0.1) is 0 Å². The van der Waals surface area contributed by atoms with Crippen LogP contribution in [0.4, 0.5) is 4.79 Å². The van der Waals surface area contributed by atoms with Gasteiger partial charge in [0.25, 0.3) is 0 Å². The molecule has 0 aromatic rings. The number of rotatable bonds is 8. The normalized spacial score (nSPS) is 12.2. The molecule has 0 rings (SSSR count). The molecule has 0 aromatic carbocycles. The smallest absolute Gasteiger partial charge is 0.314 e. The SMILES string of the molecule is CCC(CNC(=O)NCCN(C)CC)C(=O)O. The summed E-state index contributed by atoms with van der Waals surface area (Å²) in [5.41, 5.74) is 0. The molecule has 6 nitrogen and oxygen atoms in total. The summed E-state index contributed by atoms with van der Waals surface area (Å²) >= 11 is 0. The molecule has 1 atom stereocenters. The van der Waals surface area contributed by atoms with Crippen LogP contribution in [-0.2, 0) is 4.79 Å². The Bertz CT molecular complexity index is 246. The summed E-state index contributed by atoms with van der Waals surface area (Å²) in [5.74, 6) is -1.39. The summed E-state index contributed by atoms with van der Waals surface area (Å²) in [4.78, 5) is 24.1. The van der Waals surface area contributed by atoms with Gasteiger partial charge in [-0.3, -0.25) is 4.79 Å². The van der Waals surface area contributed by atoms with Crippen LogP contribution in [0.1, 0.15) is 20.3 Å². The van der Waals surface area contributed by atoms with Gasteiger partial charge in [0.2, 0.25) is 0 Å². The second-order valence-corrected chi connectivity index (χ2v) is 3.98. The third kappa shape index (κ3) is 7.57. The summed E-state index contributed by atoms with van der Waals surface area (Å²) in [6.45, 7) is 6.26. The molecule has 6 heteroatoms. The fourth-order valence-electron chi connectivity index (χ4n) is 1.20. The maximum absolute atomic E-state index is 11.3. The average molecular weight is 245 g/mol. The Morgan fingerprint density at radius 2 is 1.94 bits per heavy atom. The number of aliphatic carboxylic acids is 1. The summed E-state index contributed by atoms with van der Waals surface area (Å²) in [7, 11) is 1.97. The van der Waals surface area contributed by atoms with Crippen molar-refractivity contribution in [3.05, 3.63) is 0 Å². The van der Waals surface area contributed by atoms with Crippen LogP contribution in [0.3, 0.4) is 0 Å². The minimum absolute atomic E-state index is 0.168. The summed E-state index contributed by atoms with van der Waals surface area (Å²) in [6.07, 6.45) is 0.508. The van der Waals surface area contributed by atoms with Crippen molar-refractivity contribution in [2.24, 2.45) is 5.92 Å². The quantitative estimate of drug-likeness (QED) is 0.576. The number of likely N-dealkylation sites (N-methyl/N-ethyl adjacent to an activating group) is 1. The number of nitrogens with one attached hydrogen (secondary N) is 2. The van der Waals surface area contributed by atoms with Gasteiger partial charge in [0.1, 0.15) is 0 Å². The van der Waals surface area contributed by atoms with Crippen molar-refractivity contribution in [1.82, 2.24) is 15.5 Å². The van der Waals surface area contributed by atoms with Crippen molar-refractivity contribution >= 4 is 12.0 Å². The van der Waals surface area contributed by atoms with Gasteiger partial charge in [-0.05, 0) is 20.0 Å². The van der Waals surface area contributed by atoms with Crippen molar-refractivity contribution in [3.8, 4) is 0 Å². The van der Waals surface area contributed by atoms with Crippen molar-refractivity contribution in [2.45, 2.75) is 20.3 Å². The Hall–Kier alpha value is -1.30. The van der Waals surface area contributed by atoms with Gasteiger partial charge in [-0.25, -0.2) is 4.79 Å². The van der Waals surface area contributed by atoms with Crippen LogP contribution in [0.5, 0.6) is 0 Å². The van der Waals surface area contributed by atoms with E-state index in [1.54, 1.807) is 6.92 Å². The molecule has 0 heterocycles. The molecule has 0 aromatic heterocycles. The van der Waals surface area contributed by atoms with Crippen LogP contribution in [0, 0.1) is 5.92 Å². The number of amides is 2. The second kappa shape index (κ2) is 8.81. The summed E-state index contributed by atoms with van der Waals surface area (Å²) in [5, 5.41) is 14.0. The molecule has 0 radical (unpaired) electrons. The van der Waals surface area contributed by atoms with Gasteiger partial charge >= 0.3 is 12.0 Å². The van der Waals surface area contributed by atoms with Crippen LogP contribution >= 0.6 is 0 Å². The highest BCUT2D eigenvalue weighted by atomic mass is 16.4. The highest BCUT2D eigenvalue weighted by Crippen LogP contribution is 1.99. The monoisotopic (exact) mass is 245 g/mol. The van der Waals surface area contributed by atoms with Crippen molar-refractivity contribution in [1.29, 1.82) is 0 Å². The van der Waals surface area contributed by atoms with Gasteiger partial charge in [0.05, 0.1) is 5.92 Å². The number of nitrogens with zero attached hydrogens (tertiary/aromatic N) is 1. The fraction of sp³-hybridized carbons (Fsp3) is 0.818. The highest BCUT2D eigenvalue weighted by molar-refractivity contribution is 5.75. The molecular formula is C11H23N3O3. The summed E-state index contributed by atoms with van der Waals surface area (Å²) < 4.78 is 0. The van der Waals surface area contributed by atoms with Crippen LogP contribution in [0.2, 0.25) is 0 Å².